The monoisotopic (exact) mass is 424 g/mol. The minimum Gasteiger partial charge on any atom is -0.326 e. The van der Waals surface area contributed by atoms with Gasteiger partial charge in [0.05, 0.1) is 10.6 Å². The summed E-state index contributed by atoms with van der Waals surface area (Å²) >= 11 is 16.7. The van der Waals surface area contributed by atoms with E-state index in [0.717, 1.165) is 0 Å². The summed E-state index contributed by atoms with van der Waals surface area (Å²) < 4.78 is 0. The maximum Gasteiger partial charge on any atom is 0.269 e. The van der Waals surface area contributed by atoms with Crippen molar-refractivity contribution >= 4 is 63.9 Å². The summed E-state index contributed by atoms with van der Waals surface area (Å²) in [6.07, 6.45) is 0. The van der Waals surface area contributed by atoms with Gasteiger partial charge in [-0.25, -0.2) is 0 Å². The minimum absolute atomic E-state index is 0.116. The van der Waals surface area contributed by atoms with Crippen LogP contribution in [0.15, 0.2) is 42.5 Å². The maximum atomic E-state index is 12.1. The zero-order chi connectivity index (χ0) is 20.0. The van der Waals surface area contributed by atoms with Crippen molar-refractivity contribution in [2.45, 2.75) is 6.92 Å². The highest BCUT2D eigenvalue weighted by molar-refractivity contribution is 7.80. The number of anilines is 1. The topological polar surface area (TPSA) is 99.3 Å². The fourth-order valence-electron chi connectivity index (χ4n) is 1.97. The third-order valence-corrected chi connectivity index (χ3v) is 3.91. The highest BCUT2D eigenvalue weighted by Crippen LogP contribution is 2.20. The molecule has 27 heavy (non-hydrogen) atoms. The van der Waals surface area contributed by atoms with Crippen LogP contribution >= 0.6 is 35.4 Å². The molecule has 140 valence electrons. The first kappa shape index (κ1) is 20.6. The summed E-state index contributed by atoms with van der Waals surface area (Å²) in [7, 11) is 0. The molecule has 4 N–H and O–H groups in total. The molecule has 2 aromatic carbocycles. The van der Waals surface area contributed by atoms with Gasteiger partial charge in [0.15, 0.2) is 5.11 Å². The Labute approximate surface area is 170 Å². The van der Waals surface area contributed by atoms with Crippen molar-refractivity contribution in [3.05, 3.63) is 63.6 Å². The van der Waals surface area contributed by atoms with Crippen LogP contribution in [0.1, 0.15) is 27.6 Å². The average molecular weight is 425 g/mol. The number of carbonyl (C=O) groups excluding carboxylic acids is 3. The van der Waals surface area contributed by atoms with Crippen LogP contribution in [-0.4, -0.2) is 22.8 Å². The van der Waals surface area contributed by atoms with Gasteiger partial charge in [-0.2, -0.15) is 0 Å². The molecule has 2 rings (SSSR count). The molecular weight excluding hydrogens is 411 g/mol. The lowest BCUT2D eigenvalue weighted by molar-refractivity contribution is -0.114. The molecule has 0 atom stereocenters. The Kier molecular flexibility index (Phi) is 7.12. The van der Waals surface area contributed by atoms with E-state index in [1.165, 1.54) is 37.3 Å². The lowest BCUT2D eigenvalue weighted by atomic mass is 10.2. The van der Waals surface area contributed by atoms with E-state index in [1.807, 2.05) is 0 Å². The number of hydrogen-bond donors (Lipinski definition) is 4. The molecule has 0 radical (unpaired) electrons. The maximum absolute atomic E-state index is 12.1. The Hall–Kier alpha value is -2.68. The molecule has 3 amide bonds. The van der Waals surface area contributed by atoms with Gasteiger partial charge >= 0.3 is 0 Å². The summed E-state index contributed by atoms with van der Waals surface area (Å²) in [5, 5.41) is 5.43. The first-order valence-electron chi connectivity index (χ1n) is 7.50. The largest absolute Gasteiger partial charge is 0.326 e. The van der Waals surface area contributed by atoms with Gasteiger partial charge in [-0.3, -0.25) is 30.6 Å². The molecule has 0 aromatic heterocycles. The Morgan fingerprint density at radius 1 is 0.926 bits per heavy atom. The zero-order valence-corrected chi connectivity index (χ0v) is 16.3. The second-order valence-electron chi connectivity index (χ2n) is 5.25. The number of carbonyl (C=O) groups is 3. The first-order valence-corrected chi connectivity index (χ1v) is 8.67. The predicted octanol–water partition coefficient (Wildman–Crippen LogP) is 2.90. The van der Waals surface area contributed by atoms with Crippen molar-refractivity contribution in [1.82, 2.24) is 16.2 Å². The van der Waals surface area contributed by atoms with E-state index in [2.05, 4.69) is 21.5 Å². The van der Waals surface area contributed by atoms with Crippen LogP contribution in [0.5, 0.6) is 0 Å². The fourth-order valence-corrected chi connectivity index (χ4v) is 2.61. The van der Waals surface area contributed by atoms with Crippen molar-refractivity contribution < 1.29 is 14.4 Å². The van der Waals surface area contributed by atoms with Gasteiger partial charge in [-0.15, -0.1) is 0 Å². The predicted molar refractivity (Wildman–Crippen MR) is 108 cm³/mol. The highest BCUT2D eigenvalue weighted by atomic mass is 35.5. The molecule has 0 heterocycles. The fraction of sp³-hybridized carbons (Fsp3) is 0.0588. The summed E-state index contributed by atoms with van der Waals surface area (Å²) in [6, 6.07) is 10.6. The Morgan fingerprint density at radius 3 is 2.19 bits per heavy atom. The third-order valence-electron chi connectivity index (χ3n) is 3.16. The average Bonchev–Trinajstić information content (AvgIpc) is 2.59. The Morgan fingerprint density at radius 2 is 1.59 bits per heavy atom. The lowest BCUT2D eigenvalue weighted by Crippen LogP contribution is -2.48. The van der Waals surface area contributed by atoms with Crippen molar-refractivity contribution in [2.75, 3.05) is 5.32 Å². The van der Waals surface area contributed by atoms with Gasteiger partial charge in [-0.05, 0) is 54.7 Å². The quantitative estimate of drug-likeness (QED) is 0.448. The smallest absolute Gasteiger partial charge is 0.269 e. The van der Waals surface area contributed by atoms with Crippen LogP contribution < -0.4 is 21.5 Å². The molecule has 0 aliphatic heterocycles. The van der Waals surface area contributed by atoms with E-state index in [-0.39, 0.29) is 21.6 Å². The Bertz CT molecular complexity index is 904. The summed E-state index contributed by atoms with van der Waals surface area (Å²) in [4.78, 5) is 35.1. The number of benzene rings is 2. The summed E-state index contributed by atoms with van der Waals surface area (Å²) in [5.74, 6) is -1.25. The van der Waals surface area contributed by atoms with Crippen LogP contribution in [0.4, 0.5) is 5.69 Å². The van der Waals surface area contributed by atoms with E-state index in [9.17, 15) is 14.4 Å². The van der Waals surface area contributed by atoms with Crippen molar-refractivity contribution in [3.63, 3.8) is 0 Å². The minimum atomic E-state index is -0.553. The molecule has 2 aromatic rings. The number of hydrogen-bond acceptors (Lipinski definition) is 4. The Balaban J connectivity index is 1.88. The van der Waals surface area contributed by atoms with Crippen LogP contribution in [0, 0.1) is 0 Å². The second-order valence-corrected chi connectivity index (χ2v) is 6.50. The summed E-state index contributed by atoms with van der Waals surface area (Å²) in [6.45, 7) is 1.39. The zero-order valence-electron chi connectivity index (χ0n) is 13.9. The number of hydrazine groups is 1. The van der Waals surface area contributed by atoms with Crippen molar-refractivity contribution in [2.24, 2.45) is 0 Å². The van der Waals surface area contributed by atoms with Gasteiger partial charge in [0.1, 0.15) is 0 Å². The van der Waals surface area contributed by atoms with E-state index in [1.54, 1.807) is 12.1 Å². The van der Waals surface area contributed by atoms with Crippen LogP contribution in [-0.2, 0) is 4.79 Å². The molecule has 0 saturated heterocycles. The van der Waals surface area contributed by atoms with Crippen molar-refractivity contribution in [3.8, 4) is 0 Å². The molecule has 0 saturated carbocycles. The molecule has 0 unspecified atom stereocenters. The molecule has 10 heteroatoms. The van der Waals surface area contributed by atoms with Crippen LogP contribution in [0.3, 0.4) is 0 Å². The van der Waals surface area contributed by atoms with E-state index in [0.29, 0.717) is 16.3 Å². The van der Waals surface area contributed by atoms with Crippen LogP contribution in [0.25, 0.3) is 0 Å². The molecule has 7 nitrogen and oxygen atoms in total. The van der Waals surface area contributed by atoms with Gasteiger partial charge in [-0.1, -0.05) is 23.2 Å². The van der Waals surface area contributed by atoms with Gasteiger partial charge in [0.25, 0.3) is 11.8 Å². The van der Waals surface area contributed by atoms with Crippen LogP contribution in [0.2, 0.25) is 10.0 Å². The van der Waals surface area contributed by atoms with E-state index < -0.39 is 11.8 Å². The second kappa shape index (κ2) is 9.31. The highest BCUT2D eigenvalue weighted by Gasteiger charge is 2.13. The number of thiocarbonyl (C=S) groups is 1. The normalized spacial score (nSPS) is 9.89. The molecule has 0 aliphatic carbocycles. The van der Waals surface area contributed by atoms with Gasteiger partial charge < -0.3 is 5.32 Å². The van der Waals surface area contributed by atoms with Crippen molar-refractivity contribution in [1.29, 1.82) is 0 Å². The number of halogens is 2. The molecule has 0 spiro atoms. The molecule has 0 aliphatic rings. The third kappa shape index (κ3) is 6.21. The van der Waals surface area contributed by atoms with E-state index >= 15 is 0 Å². The van der Waals surface area contributed by atoms with Gasteiger partial charge in [0.2, 0.25) is 5.91 Å². The number of nitrogens with one attached hydrogen (secondary N) is 4. The molecule has 0 bridgehead atoms. The van der Waals surface area contributed by atoms with Gasteiger partial charge in [0, 0.05) is 23.2 Å². The number of rotatable bonds is 3. The van der Waals surface area contributed by atoms with E-state index in [4.69, 9.17) is 35.4 Å². The SMILES string of the molecule is CC(=O)Nc1ccc(C(=O)NNC(=S)NC(=O)c2ccc(Cl)cc2Cl)cc1. The lowest BCUT2D eigenvalue weighted by Gasteiger charge is -2.12. The molecule has 0 fully saturated rings. The summed E-state index contributed by atoms with van der Waals surface area (Å²) in [5.41, 5.74) is 5.85. The standard InChI is InChI=1S/C17H14Cl2N4O3S/c1-9(24)20-12-5-2-10(3-6-12)15(25)22-23-17(27)21-16(26)13-7-4-11(18)8-14(13)19/h2-8H,1H3,(H,20,24)(H,22,25)(H2,21,23,26,27). The first-order chi connectivity index (χ1) is 12.8. The molecular formula is C17H14Cl2N4O3S. The number of amides is 3.